The van der Waals surface area contributed by atoms with Gasteiger partial charge in [0.15, 0.2) is 0 Å². The number of rotatable bonds is 10. The van der Waals surface area contributed by atoms with E-state index >= 15 is 0 Å². The number of halogens is 1. The summed E-state index contributed by atoms with van der Waals surface area (Å²) in [4.78, 5) is 12.2. The summed E-state index contributed by atoms with van der Waals surface area (Å²) in [5, 5.41) is 8.01. The van der Waals surface area contributed by atoms with Crippen LogP contribution in [-0.2, 0) is 17.9 Å². The Balaban J connectivity index is 1.53. The van der Waals surface area contributed by atoms with Crippen molar-refractivity contribution in [1.82, 2.24) is 15.1 Å². The van der Waals surface area contributed by atoms with E-state index < -0.39 is 0 Å². The second-order valence-electron chi connectivity index (χ2n) is 7.81. The lowest BCUT2D eigenvalue weighted by atomic mass is 10.1. The van der Waals surface area contributed by atoms with E-state index in [9.17, 15) is 4.79 Å². The number of ether oxygens (including phenoxy) is 2. The summed E-state index contributed by atoms with van der Waals surface area (Å²) < 4.78 is 13.3. The van der Waals surface area contributed by atoms with Gasteiger partial charge < -0.3 is 14.8 Å². The van der Waals surface area contributed by atoms with E-state index in [1.165, 1.54) is 6.08 Å². The number of aryl methyl sites for hydroxylation is 3. The van der Waals surface area contributed by atoms with Crippen LogP contribution < -0.4 is 14.8 Å². The van der Waals surface area contributed by atoms with Crippen LogP contribution in [0.2, 0.25) is 5.02 Å². The first-order chi connectivity index (χ1) is 15.9. The van der Waals surface area contributed by atoms with Crippen LogP contribution in [0.1, 0.15) is 34.5 Å². The molecule has 174 valence electrons. The van der Waals surface area contributed by atoms with Crippen molar-refractivity contribution in [3.8, 4) is 11.5 Å². The first kappa shape index (κ1) is 24.4. The summed E-state index contributed by atoms with van der Waals surface area (Å²) >= 11 is 6.17. The molecule has 0 aliphatic heterocycles. The molecular formula is C26H30ClN3O3. The fourth-order valence-electron chi connectivity index (χ4n) is 3.45. The highest BCUT2D eigenvalue weighted by Crippen LogP contribution is 2.24. The molecule has 0 aliphatic rings. The molecule has 3 rings (SSSR count). The highest BCUT2D eigenvalue weighted by Gasteiger charge is 2.09. The van der Waals surface area contributed by atoms with E-state index in [0.717, 1.165) is 46.0 Å². The Morgan fingerprint density at radius 3 is 2.64 bits per heavy atom. The maximum Gasteiger partial charge on any atom is 0.244 e. The maximum atomic E-state index is 12.2. The van der Waals surface area contributed by atoms with Crippen molar-refractivity contribution in [2.24, 2.45) is 0 Å². The quantitative estimate of drug-likeness (QED) is 0.326. The van der Waals surface area contributed by atoms with Gasteiger partial charge >= 0.3 is 0 Å². The van der Waals surface area contributed by atoms with Gasteiger partial charge in [-0.05, 0) is 62.6 Å². The highest BCUT2D eigenvalue weighted by molar-refractivity contribution is 6.31. The lowest BCUT2D eigenvalue weighted by molar-refractivity contribution is -0.116. The number of carbonyl (C=O) groups is 1. The van der Waals surface area contributed by atoms with Gasteiger partial charge in [-0.15, -0.1) is 0 Å². The lowest BCUT2D eigenvalue weighted by Crippen LogP contribution is -2.23. The number of carbonyl (C=O) groups excluding carboxylic acids is 1. The number of para-hydroxylation sites is 1. The van der Waals surface area contributed by atoms with E-state index in [1.807, 2.05) is 67.9 Å². The molecular weight excluding hydrogens is 438 g/mol. The largest absolute Gasteiger partial charge is 0.496 e. The number of aromatic nitrogens is 2. The second kappa shape index (κ2) is 11.6. The molecule has 1 aromatic heterocycles. The van der Waals surface area contributed by atoms with E-state index in [0.29, 0.717) is 24.7 Å². The molecule has 0 radical (unpaired) electrons. The number of hydrogen-bond donors (Lipinski definition) is 1. The van der Waals surface area contributed by atoms with E-state index in [2.05, 4.69) is 10.4 Å². The third-order valence-corrected chi connectivity index (χ3v) is 5.89. The lowest BCUT2D eigenvalue weighted by Gasteiger charge is -2.12. The molecule has 0 unspecified atom stereocenters. The Kier molecular flexibility index (Phi) is 8.55. The van der Waals surface area contributed by atoms with Gasteiger partial charge in [0.05, 0.1) is 23.5 Å². The van der Waals surface area contributed by atoms with Gasteiger partial charge in [-0.3, -0.25) is 9.48 Å². The van der Waals surface area contributed by atoms with Gasteiger partial charge in [-0.2, -0.15) is 5.10 Å². The number of nitrogens with zero attached hydrogens (tertiary/aromatic N) is 2. The minimum atomic E-state index is -0.144. The SMILES string of the molecule is COc1ccc(/C=C/C(=O)NCCCn2nc(C)c(Cl)c2C)cc1COc1ccccc1C. The Morgan fingerprint density at radius 2 is 1.94 bits per heavy atom. The van der Waals surface area contributed by atoms with Gasteiger partial charge in [0, 0.05) is 24.7 Å². The maximum absolute atomic E-state index is 12.2. The average Bonchev–Trinajstić information content (AvgIpc) is 3.06. The Labute approximate surface area is 200 Å². The summed E-state index contributed by atoms with van der Waals surface area (Å²) in [6.07, 6.45) is 4.08. The van der Waals surface area contributed by atoms with E-state index in [1.54, 1.807) is 13.2 Å². The van der Waals surface area contributed by atoms with Crippen LogP contribution in [-0.4, -0.2) is 29.3 Å². The molecule has 0 saturated heterocycles. The smallest absolute Gasteiger partial charge is 0.244 e. The zero-order chi connectivity index (χ0) is 23.8. The fourth-order valence-corrected chi connectivity index (χ4v) is 3.59. The molecule has 0 saturated carbocycles. The summed E-state index contributed by atoms with van der Waals surface area (Å²) in [5.41, 5.74) is 4.65. The third kappa shape index (κ3) is 6.62. The van der Waals surface area contributed by atoms with Crippen molar-refractivity contribution < 1.29 is 14.3 Å². The first-order valence-electron chi connectivity index (χ1n) is 10.9. The minimum absolute atomic E-state index is 0.144. The summed E-state index contributed by atoms with van der Waals surface area (Å²) in [6.45, 7) is 7.47. The van der Waals surface area contributed by atoms with Gasteiger partial charge in [0.25, 0.3) is 0 Å². The molecule has 0 fully saturated rings. The van der Waals surface area contributed by atoms with Gasteiger partial charge in [0.2, 0.25) is 5.91 Å². The zero-order valence-electron chi connectivity index (χ0n) is 19.5. The molecule has 0 spiro atoms. The number of methoxy groups -OCH3 is 1. The summed E-state index contributed by atoms with van der Waals surface area (Å²) in [6, 6.07) is 13.6. The zero-order valence-corrected chi connectivity index (χ0v) is 20.3. The van der Waals surface area contributed by atoms with Crippen LogP contribution in [0.4, 0.5) is 0 Å². The van der Waals surface area contributed by atoms with Crippen LogP contribution in [0.5, 0.6) is 11.5 Å². The molecule has 7 heteroatoms. The third-order valence-electron chi connectivity index (χ3n) is 5.35. The van der Waals surface area contributed by atoms with E-state index in [-0.39, 0.29) is 5.91 Å². The minimum Gasteiger partial charge on any atom is -0.496 e. The molecule has 3 aromatic rings. The normalized spacial score (nSPS) is 11.1. The van der Waals surface area contributed by atoms with Gasteiger partial charge in [0.1, 0.15) is 18.1 Å². The molecule has 2 aromatic carbocycles. The molecule has 1 heterocycles. The average molecular weight is 468 g/mol. The molecule has 1 amide bonds. The molecule has 1 N–H and O–H groups in total. The van der Waals surface area contributed by atoms with Crippen molar-refractivity contribution >= 4 is 23.6 Å². The van der Waals surface area contributed by atoms with Crippen molar-refractivity contribution in [3.05, 3.63) is 81.6 Å². The number of hydrogen-bond acceptors (Lipinski definition) is 4. The molecule has 6 nitrogen and oxygen atoms in total. The van der Waals surface area contributed by atoms with Gasteiger partial charge in [-0.25, -0.2) is 0 Å². The fraction of sp³-hybridized carbons (Fsp3) is 0.308. The van der Waals surface area contributed by atoms with Crippen molar-refractivity contribution in [3.63, 3.8) is 0 Å². The Hall–Kier alpha value is -3.25. The van der Waals surface area contributed by atoms with Crippen LogP contribution in [0, 0.1) is 20.8 Å². The molecule has 0 aliphatic carbocycles. The topological polar surface area (TPSA) is 65.4 Å². The molecule has 0 atom stereocenters. The Bertz CT molecular complexity index is 1140. The molecule has 33 heavy (non-hydrogen) atoms. The van der Waals surface area contributed by atoms with Crippen LogP contribution in [0.25, 0.3) is 6.08 Å². The predicted molar refractivity (Wildman–Crippen MR) is 132 cm³/mol. The summed E-state index contributed by atoms with van der Waals surface area (Å²) in [7, 11) is 1.63. The second-order valence-corrected chi connectivity index (χ2v) is 8.19. The van der Waals surface area contributed by atoms with Crippen molar-refractivity contribution in [2.75, 3.05) is 13.7 Å². The first-order valence-corrected chi connectivity index (χ1v) is 11.3. The Morgan fingerprint density at radius 1 is 1.15 bits per heavy atom. The predicted octanol–water partition coefficient (Wildman–Crippen LogP) is 5.27. The number of amides is 1. The van der Waals surface area contributed by atoms with Crippen LogP contribution in [0.15, 0.2) is 48.5 Å². The van der Waals surface area contributed by atoms with Gasteiger partial charge in [-0.1, -0.05) is 35.9 Å². The summed E-state index contributed by atoms with van der Waals surface area (Å²) in [5.74, 6) is 1.44. The van der Waals surface area contributed by atoms with Crippen molar-refractivity contribution in [2.45, 2.75) is 40.3 Å². The van der Waals surface area contributed by atoms with Crippen LogP contribution >= 0.6 is 11.6 Å². The standard InChI is InChI=1S/C26H30ClN3O3/c1-18-8-5-6-9-23(18)33-17-22-16-21(10-12-24(22)32-4)11-13-25(31)28-14-7-15-30-20(3)26(27)19(2)29-30/h5-6,8-13,16H,7,14-15,17H2,1-4H3,(H,28,31)/b13-11+. The molecule has 0 bridgehead atoms. The van der Waals surface area contributed by atoms with Crippen molar-refractivity contribution in [1.29, 1.82) is 0 Å². The monoisotopic (exact) mass is 467 g/mol. The van der Waals surface area contributed by atoms with E-state index in [4.69, 9.17) is 21.1 Å². The number of benzene rings is 2. The number of nitrogens with one attached hydrogen (secondary N) is 1. The highest BCUT2D eigenvalue weighted by atomic mass is 35.5. The van der Waals surface area contributed by atoms with Crippen LogP contribution in [0.3, 0.4) is 0 Å².